The third-order valence-corrected chi connectivity index (χ3v) is 7.34. The summed E-state index contributed by atoms with van der Waals surface area (Å²) < 4.78 is 27.9. The molecule has 0 aliphatic carbocycles. The van der Waals surface area contributed by atoms with Crippen LogP contribution in [0.25, 0.3) is 10.9 Å². The summed E-state index contributed by atoms with van der Waals surface area (Å²) in [6, 6.07) is 15.5. The number of fused-ring (bicyclic) bond motifs is 2. The Morgan fingerprint density at radius 1 is 1.15 bits per heavy atom. The highest BCUT2D eigenvalue weighted by atomic mass is 35.5. The lowest BCUT2D eigenvalue weighted by Gasteiger charge is -2.29. The van der Waals surface area contributed by atoms with Crippen LogP contribution in [-0.4, -0.2) is 48.9 Å². The van der Waals surface area contributed by atoms with E-state index in [2.05, 4.69) is 14.7 Å². The Bertz CT molecular complexity index is 1440. The predicted molar refractivity (Wildman–Crippen MR) is 130 cm³/mol. The highest BCUT2D eigenvalue weighted by Crippen LogP contribution is 2.34. The molecule has 0 saturated heterocycles. The number of H-pyrrole nitrogens is 1. The number of aromatic amines is 1. The van der Waals surface area contributed by atoms with Crippen molar-refractivity contribution in [2.45, 2.75) is 5.92 Å². The van der Waals surface area contributed by atoms with E-state index in [1.807, 2.05) is 54.7 Å². The van der Waals surface area contributed by atoms with Gasteiger partial charge in [0.25, 0.3) is 15.9 Å². The minimum Gasteiger partial charge on any atom is -0.361 e. The summed E-state index contributed by atoms with van der Waals surface area (Å²) in [6.45, 7) is 0.533. The molecule has 2 aromatic carbocycles. The number of allylic oxidation sites excluding steroid dienone is 2. The van der Waals surface area contributed by atoms with Gasteiger partial charge in [-0.3, -0.25) is 4.79 Å². The second-order valence-corrected chi connectivity index (χ2v) is 10.1. The Hall–Kier alpha value is -3.36. The Balaban J connectivity index is 1.47. The summed E-state index contributed by atoms with van der Waals surface area (Å²) in [7, 11) is -3.59. The fourth-order valence-corrected chi connectivity index (χ4v) is 5.46. The van der Waals surface area contributed by atoms with Crippen molar-refractivity contribution in [2.24, 2.45) is 4.40 Å². The summed E-state index contributed by atoms with van der Waals surface area (Å²) in [4.78, 5) is 18.1. The van der Waals surface area contributed by atoms with Crippen molar-refractivity contribution in [3.8, 4) is 0 Å². The molecule has 1 atom stereocenters. The van der Waals surface area contributed by atoms with E-state index in [4.69, 9.17) is 11.6 Å². The molecule has 9 heteroatoms. The molecule has 33 heavy (non-hydrogen) atoms. The zero-order valence-electron chi connectivity index (χ0n) is 17.5. The van der Waals surface area contributed by atoms with Gasteiger partial charge in [0.1, 0.15) is 0 Å². The molecule has 1 amide bonds. The minimum atomic E-state index is -3.59. The van der Waals surface area contributed by atoms with E-state index in [0.717, 1.165) is 22.0 Å². The van der Waals surface area contributed by atoms with Crippen molar-refractivity contribution < 1.29 is 13.2 Å². The van der Waals surface area contributed by atoms with Crippen LogP contribution in [0.3, 0.4) is 0 Å². The van der Waals surface area contributed by atoms with Crippen molar-refractivity contribution >= 4 is 44.3 Å². The molecule has 168 valence electrons. The molecule has 7 nitrogen and oxygen atoms in total. The summed E-state index contributed by atoms with van der Waals surface area (Å²) in [6.07, 6.45) is 6.97. The number of rotatable bonds is 5. The molecule has 2 aliphatic heterocycles. The van der Waals surface area contributed by atoms with Crippen LogP contribution in [0.15, 0.2) is 83.1 Å². The minimum absolute atomic E-state index is 0.0785. The number of benzene rings is 2. The second-order valence-electron chi connectivity index (χ2n) is 7.89. The SMILES string of the molecule is O=C(NCC(c1ccccc1Cl)c1c[nH]c2ccccc12)C1=CC=CN2CCS(=O)(=O)N=C12. The third kappa shape index (κ3) is 4.19. The van der Waals surface area contributed by atoms with E-state index in [9.17, 15) is 13.2 Å². The molecule has 0 fully saturated rings. The molecule has 1 unspecified atom stereocenters. The van der Waals surface area contributed by atoms with Gasteiger partial charge in [-0.1, -0.05) is 48.0 Å². The van der Waals surface area contributed by atoms with Gasteiger partial charge < -0.3 is 15.2 Å². The van der Waals surface area contributed by atoms with Crippen molar-refractivity contribution in [3.63, 3.8) is 0 Å². The number of amidine groups is 1. The number of para-hydroxylation sites is 1. The van der Waals surface area contributed by atoms with Gasteiger partial charge >= 0.3 is 0 Å². The molecule has 2 aliphatic rings. The van der Waals surface area contributed by atoms with Crippen LogP contribution in [0.5, 0.6) is 0 Å². The Morgan fingerprint density at radius 3 is 2.79 bits per heavy atom. The van der Waals surface area contributed by atoms with Crippen molar-refractivity contribution in [3.05, 3.63) is 94.8 Å². The summed E-state index contributed by atoms with van der Waals surface area (Å²) in [5.41, 5.74) is 3.11. The first-order valence-electron chi connectivity index (χ1n) is 10.5. The van der Waals surface area contributed by atoms with Gasteiger partial charge in [0, 0.05) is 47.3 Å². The first-order chi connectivity index (χ1) is 15.9. The van der Waals surface area contributed by atoms with Gasteiger partial charge in [-0.25, -0.2) is 8.42 Å². The largest absolute Gasteiger partial charge is 0.361 e. The number of aromatic nitrogens is 1. The normalized spacial score (nSPS) is 17.8. The van der Waals surface area contributed by atoms with Gasteiger partial charge in [-0.2, -0.15) is 0 Å². The maximum Gasteiger partial charge on any atom is 0.256 e. The molecule has 1 aromatic heterocycles. The van der Waals surface area contributed by atoms with Crippen LogP contribution in [0, 0.1) is 0 Å². The number of sulfonamides is 1. The average molecular weight is 481 g/mol. The van der Waals surface area contributed by atoms with E-state index in [-0.39, 0.29) is 36.2 Å². The number of nitrogens with one attached hydrogen (secondary N) is 2. The number of hydrogen-bond acceptors (Lipinski definition) is 4. The second kappa shape index (κ2) is 8.53. The topological polar surface area (TPSA) is 94.6 Å². The first kappa shape index (κ1) is 21.5. The Labute approximate surface area is 196 Å². The van der Waals surface area contributed by atoms with Crippen LogP contribution < -0.4 is 5.32 Å². The van der Waals surface area contributed by atoms with Gasteiger partial charge in [0.15, 0.2) is 5.84 Å². The molecule has 3 aromatic rings. The molecular formula is C24H21ClN4O3S. The lowest BCUT2D eigenvalue weighted by Crippen LogP contribution is -2.42. The lowest BCUT2D eigenvalue weighted by molar-refractivity contribution is -0.117. The van der Waals surface area contributed by atoms with Crippen LogP contribution >= 0.6 is 11.6 Å². The maximum absolute atomic E-state index is 13.2. The van der Waals surface area contributed by atoms with E-state index < -0.39 is 15.9 Å². The maximum atomic E-state index is 13.2. The number of carbonyl (C=O) groups is 1. The van der Waals surface area contributed by atoms with Gasteiger partial charge in [-0.15, -0.1) is 4.40 Å². The number of carbonyl (C=O) groups excluding carboxylic acids is 1. The quantitative estimate of drug-likeness (QED) is 0.583. The highest BCUT2D eigenvalue weighted by molar-refractivity contribution is 7.90. The van der Waals surface area contributed by atoms with Crippen LogP contribution in [0.2, 0.25) is 5.02 Å². The molecule has 0 radical (unpaired) electrons. The molecule has 5 rings (SSSR count). The monoisotopic (exact) mass is 480 g/mol. The number of amides is 1. The fourth-order valence-electron chi connectivity index (χ4n) is 4.21. The first-order valence-corrected chi connectivity index (χ1v) is 12.5. The van der Waals surface area contributed by atoms with Crippen LogP contribution in [0.1, 0.15) is 17.0 Å². The Morgan fingerprint density at radius 2 is 1.94 bits per heavy atom. The van der Waals surface area contributed by atoms with E-state index in [1.54, 1.807) is 23.3 Å². The van der Waals surface area contributed by atoms with Crippen molar-refractivity contribution in [1.29, 1.82) is 0 Å². The molecular weight excluding hydrogens is 460 g/mol. The number of hydrogen-bond donors (Lipinski definition) is 2. The zero-order valence-corrected chi connectivity index (χ0v) is 19.1. The lowest BCUT2D eigenvalue weighted by atomic mass is 9.90. The smallest absolute Gasteiger partial charge is 0.256 e. The molecule has 0 spiro atoms. The van der Waals surface area contributed by atoms with E-state index in [1.165, 1.54) is 0 Å². The number of halogens is 1. The van der Waals surface area contributed by atoms with Gasteiger partial charge in [0.05, 0.1) is 11.3 Å². The summed E-state index contributed by atoms with van der Waals surface area (Å²) in [5, 5.41) is 4.63. The van der Waals surface area contributed by atoms with Gasteiger partial charge in [0.2, 0.25) is 0 Å². The molecule has 0 bridgehead atoms. The Kier molecular flexibility index (Phi) is 5.55. The standard InChI is InChI=1S/C24H21ClN4O3S/c25-21-9-3-1-6-16(21)19(20-14-26-22-10-4-2-7-17(20)22)15-27-24(30)18-8-5-11-29-12-13-33(31,32)28-23(18)29/h1-11,14,19,26H,12-13,15H2,(H,27,30). The summed E-state index contributed by atoms with van der Waals surface area (Å²) >= 11 is 6.54. The molecule has 0 saturated carbocycles. The van der Waals surface area contributed by atoms with Crippen LogP contribution in [-0.2, 0) is 14.8 Å². The van der Waals surface area contributed by atoms with E-state index >= 15 is 0 Å². The predicted octanol–water partition coefficient (Wildman–Crippen LogP) is 3.57. The van der Waals surface area contributed by atoms with E-state index in [0.29, 0.717) is 5.02 Å². The zero-order chi connectivity index (χ0) is 23.0. The summed E-state index contributed by atoms with van der Waals surface area (Å²) in [5.74, 6) is -0.531. The number of nitrogens with zero attached hydrogens (tertiary/aromatic N) is 2. The van der Waals surface area contributed by atoms with Gasteiger partial charge in [-0.05, 0) is 35.4 Å². The third-order valence-electron chi connectivity index (χ3n) is 5.85. The van der Waals surface area contributed by atoms with Crippen molar-refractivity contribution in [1.82, 2.24) is 15.2 Å². The average Bonchev–Trinajstić information content (AvgIpc) is 3.23. The molecule has 3 heterocycles. The van der Waals surface area contributed by atoms with Crippen molar-refractivity contribution in [2.75, 3.05) is 18.8 Å². The highest BCUT2D eigenvalue weighted by Gasteiger charge is 2.30. The molecule has 2 N–H and O–H groups in total. The fraction of sp³-hybridized carbons (Fsp3) is 0.167. The van der Waals surface area contributed by atoms with Crippen LogP contribution in [0.4, 0.5) is 0 Å².